The van der Waals surface area contributed by atoms with Crippen molar-refractivity contribution in [3.05, 3.63) is 34.8 Å². The van der Waals surface area contributed by atoms with Crippen LogP contribution in [0.25, 0.3) is 0 Å². The van der Waals surface area contributed by atoms with E-state index in [0.29, 0.717) is 10.2 Å². The van der Waals surface area contributed by atoms with Gasteiger partial charge in [-0.1, -0.05) is 29.9 Å². The van der Waals surface area contributed by atoms with Gasteiger partial charge in [-0.15, -0.1) is 11.8 Å². The van der Waals surface area contributed by atoms with Gasteiger partial charge in [-0.25, -0.2) is 5.48 Å². The Kier molecular flexibility index (Phi) is 2.48. The number of hydroxylamine groups is 1. The molecule has 2 atom stereocenters. The van der Waals surface area contributed by atoms with Crippen molar-refractivity contribution in [3.63, 3.8) is 0 Å². The van der Waals surface area contributed by atoms with E-state index >= 15 is 0 Å². The first-order valence-electron chi connectivity index (χ1n) is 4.40. The fraction of sp³-hybridized carbons (Fsp3) is 0.300. The van der Waals surface area contributed by atoms with Crippen molar-refractivity contribution in [1.29, 1.82) is 0 Å². The second-order valence-electron chi connectivity index (χ2n) is 3.40. The minimum atomic E-state index is -0.413. The second-order valence-corrected chi connectivity index (χ2v) is 4.62. The molecule has 0 saturated carbocycles. The summed E-state index contributed by atoms with van der Waals surface area (Å²) in [4.78, 5) is 11.7. The number of carbonyl (C=O) groups excluding carboxylic acids is 1. The van der Waals surface area contributed by atoms with E-state index in [1.165, 1.54) is 17.3 Å². The molecule has 3 nitrogen and oxygen atoms in total. The van der Waals surface area contributed by atoms with Crippen LogP contribution in [0.1, 0.15) is 6.92 Å². The average molecular weight is 209 g/mol. The molecule has 0 spiro atoms. The summed E-state index contributed by atoms with van der Waals surface area (Å²) < 4.78 is 0. The van der Waals surface area contributed by atoms with E-state index in [-0.39, 0.29) is 5.92 Å². The molecule has 0 radical (unpaired) electrons. The molecule has 1 aliphatic heterocycles. The molecule has 0 saturated heterocycles. The largest absolute Gasteiger partial charge is 0.288 e. The van der Waals surface area contributed by atoms with Gasteiger partial charge in [0.1, 0.15) is 0 Å². The number of rotatable bonds is 1. The highest BCUT2D eigenvalue weighted by Gasteiger charge is 2.29. The number of hydrogen-bond acceptors (Lipinski definition) is 3. The van der Waals surface area contributed by atoms with Gasteiger partial charge in [0.15, 0.2) is 0 Å². The lowest BCUT2D eigenvalue weighted by atomic mass is 9.97. The lowest BCUT2D eigenvalue weighted by molar-refractivity contribution is -0.124. The maximum Gasteiger partial charge on any atom is 0.280 e. The third-order valence-corrected chi connectivity index (χ3v) is 3.62. The van der Waals surface area contributed by atoms with Gasteiger partial charge < -0.3 is 0 Å². The Bertz CT molecular complexity index is 357. The van der Waals surface area contributed by atoms with Crippen LogP contribution in [0.2, 0.25) is 0 Å². The van der Waals surface area contributed by atoms with Crippen LogP contribution < -0.4 is 5.48 Å². The van der Waals surface area contributed by atoms with Crippen LogP contribution in [0.15, 0.2) is 34.8 Å². The van der Waals surface area contributed by atoms with Gasteiger partial charge in [0.05, 0.1) is 4.91 Å². The zero-order valence-corrected chi connectivity index (χ0v) is 8.54. The highest BCUT2D eigenvalue weighted by molar-refractivity contribution is 8.05. The minimum absolute atomic E-state index is 0.288. The van der Waals surface area contributed by atoms with E-state index in [1.54, 1.807) is 5.48 Å². The number of fused-ring (bicyclic) bond motifs is 1. The topological polar surface area (TPSA) is 49.3 Å². The van der Waals surface area contributed by atoms with Gasteiger partial charge in [0, 0.05) is 11.2 Å². The summed E-state index contributed by atoms with van der Waals surface area (Å²) in [7, 11) is 0. The Morgan fingerprint density at radius 3 is 3.07 bits per heavy atom. The Morgan fingerprint density at radius 2 is 2.36 bits per heavy atom. The van der Waals surface area contributed by atoms with Crippen LogP contribution in [0.3, 0.4) is 0 Å². The first-order chi connectivity index (χ1) is 6.70. The highest BCUT2D eigenvalue weighted by atomic mass is 32.2. The smallest absolute Gasteiger partial charge is 0.280 e. The second kappa shape index (κ2) is 3.63. The standard InChI is InChI=1S/C10H11NO2S/c1-6-2-3-7-5-9(10(12)11-13)14-8(7)4-6/h2-5,7-8,13H,1H3,(H,11,12). The Labute approximate surface area is 86.5 Å². The normalized spacial score (nSPS) is 29.3. The lowest BCUT2D eigenvalue weighted by Crippen LogP contribution is -2.18. The van der Waals surface area contributed by atoms with E-state index in [0.717, 1.165) is 0 Å². The third-order valence-electron chi connectivity index (χ3n) is 2.32. The van der Waals surface area contributed by atoms with Crippen molar-refractivity contribution in [1.82, 2.24) is 5.48 Å². The fourth-order valence-corrected chi connectivity index (χ4v) is 2.90. The summed E-state index contributed by atoms with van der Waals surface area (Å²) in [5, 5.41) is 8.81. The van der Waals surface area contributed by atoms with Gasteiger partial charge in [-0.3, -0.25) is 10.0 Å². The maximum absolute atomic E-state index is 11.1. The molecule has 1 heterocycles. The fourth-order valence-electron chi connectivity index (χ4n) is 1.61. The molecule has 1 amide bonds. The van der Waals surface area contributed by atoms with Crippen LogP contribution in [-0.2, 0) is 4.79 Å². The molecular formula is C10H11NO2S. The quantitative estimate of drug-likeness (QED) is 0.509. The van der Waals surface area contributed by atoms with Crippen molar-refractivity contribution >= 4 is 17.7 Å². The van der Waals surface area contributed by atoms with E-state index in [4.69, 9.17) is 5.21 Å². The lowest BCUT2D eigenvalue weighted by Gasteiger charge is -2.15. The van der Waals surface area contributed by atoms with Crippen molar-refractivity contribution in [2.24, 2.45) is 5.92 Å². The van der Waals surface area contributed by atoms with E-state index in [1.807, 2.05) is 13.0 Å². The molecule has 2 N–H and O–H groups in total. The molecule has 2 rings (SSSR count). The number of nitrogens with one attached hydrogen (secondary N) is 1. The summed E-state index contributed by atoms with van der Waals surface area (Å²) in [5.74, 6) is -0.125. The molecule has 0 aromatic carbocycles. The summed E-state index contributed by atoms with van der Waals surface area (Å²) in [6.07, 6.45) is 8.17. The third kappa shape index (κ3) is 1.63. The maximum atomic E-state index is 11.1. The summed E-state index contributed by atoms with van der Waals surface area (Å²) in [6.45, 7) is 2.04. The first kappa shape index (κ1) is 9.55. The summed E-state index contributed by atoms with van der Waals surface area (Å²) >= 11 is 1.49. The van der Waals surface area contributed by atoms with Crippen LogP contribution in [0, 0.1) is 5.92 Å². The van der Waals surface area contributed by atoms with Gasteiger partial charge in [0.25, 0.3) is 5.91 Å². The zero-order chi connectivity index (χ0) is 10.1. The molecule has 0 bridgehead atoms. The summed E-state index contributed by atoms with van der Waals surface area (Å²) in [6, 6.07) is 0. The SMILES string of the molecule is CC1=CC2SC(C(=O)NO)=CC2C=C1. The van der Waals surface area contributed by atoms with Crippen LogP contribution in [0.4, 0.5) is 0 Å². The van der Waals surface area contributed by atoms with Crippen molar-refractivity contribution in [2.45, 2.75) is 12.2 Å². The molecular weight excluding hydrogens is 198 g/mol. The molecule has 0 fully saturated rings. The van der Waals surface area contributed by atoms with Crippen LogP contribution >= 0.6 is 11.8 Å². The predicted octanol–water partition coefficient (Wildman–Crippen LogP) is 1.62. The number of allylic oxidation sites excluding steroid dienone is 4. The molecule has 0 aromatic rings. The molecule has 2 aliphatic rings. The Morgan fingerprint density at radius 1 is 1.57 bits per heavy atom. The van der Waals surface area contributed by atoms with E-state index in [9.17, 15) is 4.79 Å². The van der Waals surface area contributed by atoms with Crippen molar-refractivity contribution < 1.29 is 10.0 Å². The molecule has 2 unspecified atom stereocenters. The van der Waals surface area contributed by atoms with Gasteiger partial charge in [-0.05, 0) is 6.92 Å². The van der Waals surface area contributed by atoms with Crippen molar-refractivity contribution in [2.75, 3.05) is 0 Å². The van der Waals surface area contributed by atoms with Gasteiger partial charge >= 0.3 is 0 Å². The molecule has 1 aliphatic carbocycles. The van der Waals surface area contributed by atoms with Crippen LogP contribution in [-0.4, -0.2) is 16.4 Å². The van der Waals surface area contributed by atoms with Crippen molar-refractivity contribution in [3.8, 4) is 0 Å². The zero-order valence-electron chi connectivity index (χ0n) is 7.73. The molecule has 4 heteroatoms. The Balaban J connectivity index is 2.16. The Hall–Kier alpha value is -1.00. The minimum Gasteiger partial charge on any atom is -0.288 e. The molecule has 0 aromatic heterocycles. The van der Waals surface area contributed by atoms with Crippen LogP contribution in [0.5, 0.6) is 0 Å². The highest BCUT2D eigenvalue weighted by Crippen LogP contribution is 2.40. The average Bonchev–Trinajstić information content (AvgIpc) is 2.59. The number of hydrogen-bond donors (Lipinski definition) is 2. The molecule has 14 heavy (non-hydrogen) atoms. The predicted molar refractivity (Wildman–Crippen MR) is 55.8 cm³/mol. The van der Waals surface area contributed by atoms with Gasteiger partial charge in [-0.2, -0.15) is 0 Å². The van der Waals surface area contributed by atoms with E-state index in [2.05, 4.69) is 18.2 Å². The number of amides is 1. The van der Waals surface area contributed by atoms with E-state index < -0.39 is 5.91 Å². The summed E-state index contributed by atoms with van der Waals surface area (Å²) in [5.41, 5.74) is 2.88. The first-order valence-corrected chi connectivity index (χ1v) is 5.28. The molecule has 74 valence electrons. The number of thioether (sulfide) groups is 1. The number of carbonyl (C=O) groups is 1. The van der Waals surface area contributed by atoms with Gasteiger partial charge in [0.2, 0.25) is 0 Å². The monoisotopic (exact) mass is 209 g/mol.